The maximum absolute atomic E-state index is 11.3. The smallest absolute Gasteiger partial charge is 0.234 e. The number of nitrogens with one attached hydrogen (secondary N) is 2. The summed E-state index contributed by atoms with van der Waals surface area (Å²) in [7, 11) is 2.02. The lowest BCUT2D eigenvalue weighted by Gasteiger charge is -2.35. The highest BCUT2D eigenvalue weighted by molar-refractivity contribution is 5.78. The van der Waals surface area contributed by atoms with E-state index in [1.165, 1.54) is 19.3 Å². The van der Waals surface area contributed by atoms with Crippen molar-refractivity contribution in [2.24, 2.45) is 0 Å². The van der Waals surface area contributed by atoms with Gasteiger partial charge in [0.1, 0.15) is 0 Å². The van der Waals surface area contributed by atoms with Crippen molar-refractivity contribution in [2.45, 2.75) is 31.3 Å². The molecule has 2 unspecified atom stereocenters. The van der Waals surface area contributed by atoms with Crippen LogP contribution in [0.1, 0.15) is 19.3 Å². The summed E-state index contributed by atoms with van der Waals surface area (Å²) >= 11 is 0. The lowest BCUT2D eigenvalue weighted by Crippen LogP contribution is -2.55. The largest absolute Gasteiger partial charge is 0.354 e. The van der Waals surface area contributed by atoms with Crippen molar-refractivity contribution in [3.8, 4) is 0 Å². The molecule has 0 aromatic carbocycles. The predicted molar refractivity (Wildman–Crippen MR) is 55.1 cm³/mol. The van der Waals surface area contributed by atoms with E-state index in [2.05, 4.69) is 15.5 Å². The number of carbonyl (C=O) groups is 1. The molecule has 2 rings (SSSR count). The molecule has 1 amide bonds. The van der Waals surface area contributed by atoms with Crippen LogP contribution in [0.4, 0.5) is 0 Å². The van der Waals surface area contributed by atoms with Gasteiger partial charge in [0.25, 0.3) is 0 Å². The molecule has 0 aromatic rings. The molecule has 0 spiro atoms. The summed E-state index contributed by atoms with van der Waals surface area (Å²) in [6.07, 6.45) is 3.77. The summed E-state index contributed by atoms with van der Waals surface area (Å²) in [4.78, 5) is 13.6. The van der Waals surface area contributed by atoms with Crippen LogP contribution in [0, 0.1) is 0 Å². The van der Waals surface area contributed by atoms with Gasteiger partial charge in [-0.15, -0.1) is 0 Å². The Morgan fingerprint density at radius 3 is 3.07 bits per heavy atom. The fourth-order valence-electron chi connectivity index (χ4n) is 2.66. The molecule has 1 aliphatic carbocycles. The van der Waals surface area contributed by atoms with Gasteiger partial charge in [-0.25, -0.2) is 0 Å². The van der Waals surface area contributed by atoms with E-state index >= 15 is 0 Å². The molecule has 2 aliphatic rings. The third-order valence-corrected chi connectivity index (χ3v) is 3.39. The topological polar surface area (TPSA) is 44.4 Å². The van der Waals surface area contributed by atoms with Gasteiger partial charge in [-0.3, -0.25) is 9.69 Å². The number of likely N-dealkylation sites (N-methyl/N-ethyl adjacent to an activating group) is 1. The maximum Gasteiger partial charge on any atom is 0.234 e. The number of hydrogen-bond donors (Lipinski definition) is 2. The summed E-state index contributed by atoms with van der Waals surface area (Å²) in [6.45, 7) is 2.41. The molecule has 1 aliphatic heterocycles. The zero-order valence-electron chi connectivity index (χ0n) is 8.75. The van der Waals surface area contributed by atoms with Crippen molar-refractivity contribution in [2.75, 3.05) is 26.7 Å². The Balaban J connectivity index is 1.95. The van der Waals surface area contributed by atoms with Gasteiger partial charge < -0.3 is 10.6 Å². The normalized spacial score (nSPS) is 34.5. The van der Waals surface area contributed by atoms with Crippen molar-refractivity contribution in [3.63, 3.8) is 0 Å². The molecule has 1 heterocycles. The number of piperazine rings is 1. The molecule has 4 heteroatoms. The Bertz CT molecular complexity index is 219. The molecule has 2 atom stereocenters. The third kappa shape index (κ3) is 1.91. The second-order valence-corrected chi connectivity index (χ2v) is 4.21. The van der Waals surface area contributed by atoms with Gasteiger partial charge in [0.2, 0.25) is 5.91 Å². The number of rotatable bonds is 2. The van der Waals surface area contributed by atoms with Crippen LogP contribution in [0.15, 0.2) is 0 Å². The first-order chi connectivity index (χ1) is 6.81. The summed E-state index contributed by atoms with van der Waals surface area (Å²) in [5, 5.41) is 6.22. The van der Waals surface area contributed by atoms with E-state index in [1.807, 2.05) is 7.05 Å². The molecule has 2 fully saturated rings. The molecule has 14 heavy (non-hydrogen) atoms. The fourth-order valence-corrected chi connectivity index (χ4v) is 2.66. The Hall–Kier alpha value is -0.610. The summed E-state index contributed by atoms with van der Waals surface area (Å²) in [5.74, 6) is 0.179. The summed E-state index contributed by atoms with van der Waals surface area (Å²) in [5.41, 5.74) is 0. The first-order valence-electron chi connectivity index (χ1n) is 5.49. The minimum absolute atomic E-state index is 0.179. The number of carbonyl (C=O) groups excluding carboxylic acids is 1. The van der Waals surface area contributed by atoms with Crippen LogP contribution < -0.4 is 10.6 Å². The maximum atomic E-state index is 11.3. The lowest BCUT2D eigenvalue weighted by molar-refractivity contribution is -0.125. The van der Waals surface area contributed by atoms with Gasteiger partial charge >= 0.3 is 0 Å². The fraction of sp³-hybridized carbons (Fsp3) is 0.900. The third-order valence-electron chi connectivity index (χ3n) is 3.39. The Morgan fingerprint density at radius 2 is 2.36 bits per heavy atom. The highest BCUT2D eigenvalue weighted by Crippen LogP contribution is 2.24. The first-order valence-corrected chi connectivity index (χ1v) is 5.49. The van der Waals surface area contributed by atoms with E-state index in [4.69, 9.17) is 0 Å². The SMILES string of the molecule is CNC1CCCC1N1CCNC(=O)C1. The molecular formula is C10H19N3O. The van der Waals surface area contributed by atoms with Crippen LogP contribution >= 0.6 is 0 Å². The Kier molecular flexibility index (Phi) is 3.03. The van der Waals surface area contributed by atoms with Crippen LogP contribution in [0.25, 0.3) is 0 Å². The minimum atomic E-state index is 0.179. The monoisotopic (exact) mass is 197 g/mol. The average molecular weight is 197 g/mol. The quantitative estimate of drug-likeness (QED) is 0.631. The van der Waals surface area contributed by atoms with E-state index < -0.39 is 0 Å². The second kappa shape index (κ2) is 4.28. The molecule has 1 saturated heterocycles. The van der Waals surface area contributed by atoms with Crippen molar-refractivity contribution < 1.29 is 4.79 Å². The van der Waals surface area contributed by atoms with Gasteiger partial charge in [-0.2, -0.15) is 0 Å². The van der Waals surface area contributed by atoms with E-state index in [-0.39, 0.29) is 5.91 Å². The zero-order chi connectivity index (χ0) is 9.97. The zero-order valence-corrected chi connectivity index (χ0v) is 8.75. The average Bonchev–Trinajstić information content (AvgIpc) is 2.65. The number of nitrogens with zero attached hydrogens (tertiary/aromatic N) is 1. The van der Waals surface area contributed by atoms with Gasteiger partial charge in [-0.1, -0.05) is 6.42 Å². The lowest BCUT2D eigenvalue weighted by atomic mass is 10.1. The van der Waals surface area contributed by atoms with Crippen LogP contribution in [-0.4, -0.2) is 49.6 Å². The van der Waals surface area contributed by atoms with E-state index in [1.54, 1.807) is 0 Å². The van der Waals surface area contributed by atoms with E-state index in [0.29, 0.717) is 18.6 Å². The molecule has 0 aromatic heterocycles. The van der Waals surface area contributed by atoms with Crippen LogP contribution in [0.5, 0.6) is 0 Å². The molecule has 1 saturated carbocycles. The number of hydrogen-bond acceptors (Lipinski definition) is 3. The van der Waals surface area contributed by atoms with E-state index in [9.17, 15) is 4.79 Å². The minimum Gasteiger partial charge on any atom is -0.354 e. The molecule has 4 nitrogen and oxygen atoms in total. The molecule has 0 radical (unpaired) electrons. The van der Waals surface area contributed by atoms with Crippen molar-refractivity contribution >= 4 is 5.91 Å². The van der Waals surface area contributed by atoms with E-state index in [0.717, 1.165) is 13.1 Å². The molecular weight excluding hydrogens is 178 g/mol. The molecule has 80 valence electrons. The highest BCUT2D eigenvalue weighted by atomic mass is 16.2. The van der Waals surface area contributed by atoms with Crippen molar-refractivity contribution in [3.05, 3.63) is 0 Å². The van der Waals surface area contributed by atoms with Gasteiger partial charge in [0, 0.05) is 25.2 Å². The Morgan fingerprint density at radius 1 is 1.50 bits per heavy atom. The second-order valence-electron chi connectivity index (χ2n) is 4.21. The summed E-state index contributed by atoms with van der Waals surface area (Å²) in [6, 6.07) is 1.16. The first kappa shape index (κ1) is 9.93. The molecule has 0 bridgehead atoms. The Labute approximate surface area is 85.0 Å². The number of amides is 1. The standard InChI is InChI=1S/C10H19N3O/c1-11-8-3-2-4-9(8)13-6-5-12-10(14)7-13/h8-9,11H,2-7H2,1H3,(H,12,14). The van der Waals surface area contributed by atoms with Crippen LogP contribution in [0.3, 0.4) is 0 Å². The predicted octanol–water partition coefficient (Wildman–Crippen LogP) is -0.441. The van der Waals surface area contributed by atoms with Crippen molar-refractivity contribution in [1.82, 2.24) is 15.5 Å². The highest BCUT2D eigenvalue weighted by Gasteiger charge is 2.33. The summed E-state index contributed by atoms with van der Waals surface area (Å²) < 4.78 is 0. The van der Waals surface area contributed by atoms with Gasteiger partial charge in [-0.05, 0) is 19.9 Å². The van der Waals surface area contributed by atoms with Gasteiger partial charge in [0.05, 0.1) is 6.54 Å². The van der Waals surface area contributed by atoms with Crippen LogP contribution in [-0.2, 0) is 4.79 Å². The van der Waals surface area contributed by atoms with Crippen LogP contribution in [0.2, 0.25) is 0 Å². The molecule has 2 N–H and O–H groups in total. The van der Waals surface area contributed by atoms with Gasteiger partial charge in [0.15, 0.2) is 0 Å². The van der Waals surface area contributed by atoms with Crippen molar-refractivity contribution in [1.29, 1.82) is 0 Å².